The highest BCUT2D eigenvalue weighted by molar-refractivity contribution is 5.86. The molecule has 1 amide bonds. The zero-order chi connectivity index (χ0) is 12.6. The van der Waals surface area contributed by atoms with Crippen LogP contribution in [-0.2, 0) is 4.79 Å². The van der Waals surface area contributed by atoms with Crippen molar-refractivity contribution in [2.24, 2.45) is 0 Å². The number of hydrogen-bond acceptors (Lipinski definition) is 4. The number of carbonyl (C=O) groups is 1. The van der Waals surface area contributed by atoms with Gasteiger partial charge in [0.15, 0.2) is 5.82 Å². The summed E-state index contributed by atoms with van der Waals surface area (Å²) in [5.41, 5.74) is 5.88. The van der Waals surface area contributed by atoms with Crippen molar-refractivity contribution in [1.82, 2.24) is 14.9 Å². The fourth-order valence-corrected chi connectivity index (χ4v) is 2.29. The fraction of sp³-hybridized carbons (Fsp3) is 0.636. The summed E-state index contributed by atoms with van der Waals surface area (Å²) >= 11 is 0. The van der Waals surface area contributed by atoms with Gasteiger partial charge in [-0.25, -0.2) is 4.98 Å². The number of aryl methyl sites for hydroxylation is 1. The summed E-state index contributed by atoms with van der Waals surface area (Å²) < 4.78 is 0. The van der Waals surface area contributed by atoms with E-state index >= 15 is 0 Å². The van der Waals surface area contributed by atoms with Gasteiger partial charge in [0.05, 0.1) is 0 Å². The second kappa shape index (κ2) is 4.27. The minimum absolute atomic E-state index is 0.113. The number of imidazole rings is 1. The summed E-state index contributed by atoms with van der Waals surface area (Å²) in [5.74, 6) is 2.14. The lowest BCUT2D eigenvalue weighted by molar-refractivity contribution is -0.129. The number of hydrogen-bond donors (Lipinski definition) is 2. The summed E-state index contributed by atoms with van der Waals surface area (Å²) in [4.78, 5) is 23.0. The molecule has 17 heavy (non-hydrogen) atoms. The first kappa shape index (κ1) is 11.8. The lowest BCUT2D eigenvalue weighted by Gasteiger charge is -2.26. The van der Waals surface area contributed by atoms with Gasteiger partial charge in [0, 0.05) is 20.6 Å². The summed E-state index contributed by atoms with van der Waals surface area (Å²) in [7, 11) is 3.55. The van der Waals surface area contributed by atoms with E-state index in [-0.39, 0.29) is 11.9 Å². The minimum atomic E-state index is -0.130. The van der Waals surface area contributed by atoms with Crippen molar-refractivity contribution in [3.63, 3.8) is 0 Å². The third-order valence-corrected chi connectivity index (χ3v) is 3.08. The molecule has 0 aromatic carbocycles. The zero-order valence-corrected chi connectivity index (χ0v) is 10.5. The van der Waals surface area contributed by atoms with Crippen molar-refractivity contribution < 1.29 is 4.79 Å². The fourth-order valence-electron chi connectivity index (χ4n) is 2.29. The molecule has 6 nitrogen and oxygen atoms in total. The van der Waals surface area contributed by atoms with Gasteiger partial charge in [0.25, 0.3) is 0 Å². The molecule has 1 saturated heterocycles. The van der Waals surface area contributed by atoms with Crippen LogP contribution in [0.5, 0.6) is 0 Å². The maximum Gasteiger partial charge on any atom is 0.244 e. The van der Waals surface area contributed by atoms with Crippen LogP contribution in [0, 0.1) is 6.92 Å². The van der Waals surface area contributed by atoms with Gasteiger partial charge >= 0.3 is 0 Å². The maximum atomic E-state index is 12.1. The van der Waals surface area contributed by atoms with Gasteiger partial charge in [-0.1, -0.05) is 0 Å². The molecule has 94 valence electrons. The quantitative estimate of drug-likeness (QED) is 0.778. The molecule has 1 aliphatic rings. The Morgan fingerprint density at radius 3 is 2.82 bits per heavy atom. The van der Waals surface area contributed by atoms with Crippen LogP contribution in [0.25, 0.3) is 0 Å². The van der Waals surface area contributed by atoms with Crippen molar-refractivity contribution in [3.05, 3.63) is 5.82 Å². The molecule has 0 aliphatic carbocycles. The summed E-state index contributed by atoms with van der Waals surface area (Å²) in [6.45, 7) is 2.69. The molecule has 2 heterocycles. The molecule has 0 radical (unpaired) electrons. The second-order valence-corrected chi connectivity index (χ2v) is 4.64. The Hall–Kier alpha value is -1.72. The number of anilines is 2. The van der Waals surface area contributed by atoms with Crippen molar-refractivity contribution in [2.45, 2.75) is 25.8 Å². The standard InChI is InChI=1S/C11H19N5O/c1-7-13-9(12)10(14-7)16-6-4-5-8(16)11(17)15(2)3/h8H,4-6,12H2,1-3H3,(H,13,14). The highest BCUT2D eigenvalue weighted by Gasteiger charge is 2.34. The second-order valence-electron chi connectivity index (χ2n) is 4.64. The Kier molecular flexibility index (Phi) is 2.95. The van der Waals surface area contributed by atoms with Gasteiger partial charge in [0.2, 0.25) is 5.91 Å². The average Bonchev–Trinajstić information content (AvgIpc) is 2.83. The number of nitrogen functional groups attached to an aromatic ring is 1. The van der Waals surface area contributed by atoms with Gasteiger partial charge in [-0.05, 0) is 19.8 Å². The number of nitrogens with one attached hydrogen (secondary N) is 1. The first-order chi connectivity index (χ1) is 8.00. The lowest BCUT2D eigenvalue weighted by Crippen LogP contribution is -2.43. The highest BCUT2D eigenvalue weighted by atomic mass is 16.2. The highest BCUT2D eigenvalue weighted by Crippen LogP contribution is 2.29. The number of nitrogens with zero attached hydrogens (tertiary/aromatic N) is 3. The predicted molar refractivity (Wildman–Crippen MR) is 66.8 cm³/mol. The minimum Gasteiger partial charge on any atom is -0.382 e. The zero-order valence-electron chi connectivity index (χ0n) is 10.5. The molecule has 6 heteroatoms. The number of nitrogens with two attached hydrogens (primary N) is 1. The van der Waals surface area contributed by atoms with E-state index in [9.17, 15) is 4.79 Å². The molecular formula is C11H19N5O. The Labute approximate surface area is 101 Å². The topological polar surface area (TPSA) is 78.2 Å². The number of likely N-dealkylation sites (N-methyl/N-ethyl adjacent to an activating group) is 1. The Morgan fingerprint density at radius 1 is 1.59 bits per heavy atom. The smallest absolute Gasteiger partial charge is 0.244 e. The number of rotatable bonds is 2. The summed E-state index contributed by atoms with van der Waals surface area (Å²) in [5, 5.41) is 0. The molecule has 1 fully saturated rings. The number of carbonyl (C=O) groups excluding carboxylic acids is 1. The van der Waals surface area contributed by atoms with Gasteiger partial charge in [-0.3, -0.25) is 4.79 Å². The van der Waals surface area contributed by atoms with E-state index in [1.807, 2.05) is 11.8 Å². The van der Waals surface area contributed by atoms with E-state index in [1.165, 1.54) is 0 Å². The van der Waals surface area contributed by atoms with E-state index in [0.717, 1.165) is 25.2 Å². The molecule has 1 aromatic heterocycles. The maximum absolute atomic E-state index is 12.1. The summed E-state index contributed by atoms with van der Waals surface area (Å²) in [6.07, 6.45) is 1.86. The normalized spacial score (nSPS) is 19.7. The molecule has 3 N–H and O–H groups in total. The van der Waals surface area contributed by atoms with Crippen molar-refractivity contribution in [2.75, 3.05) is 31.3 Å². The number of aromatic amines is 1. The van der Waals surface area contributed by atoms with Gasteiger partial charge in [-0.15, -0.1) is 0 Å². The first-order valence-corrected chi connectivity index (χ1v) is 5.80. The van der Waals surface area contributed by atoms with Crippen LogP contribution < -0.4 is 10.6 Å². The Morgan fingerprint density at radius 2 is 2.29 bits per heavy atom. The molecule has 1 atom stereocenters. The Balaban J connectivity index is 2.26. The van der Waals surface area contributed by atoms with Crippen LogP contribution in [0.2, 0.25) is 0 Å². The van der Waals surface area contributed by atoms with Crippen molar-refractivity contribution >= 4 is 17.5 Å². The van der Waals surface area contributed by atoms with Crippen LogP contribution in [0.4, 0.5) is 11.6 Å². The van der Waals surface area contributed by atoms with Crippen LogP contribution in [0.1, 0.15) is 18.7 Å². The monoisotopic (exact) mass is 237 g/mol. The van der Waals surface area contributed by atoms with E-state index in [2.05, 4.69) is 9.97 Å². The van der Waals surface area contributed by atoms with Crippen LogP contribution in [0.3, 0.4) is 0 Å². The molecular weight excluding hydrogens is 218 g/mol. The average molecular weight is 237 g/mol. The Bertz CT molecular complexity index is 425. The molecule has 0 bridgehead atoms. The van der Waals surface area contributed by atoms with Crippen LogP contribution >= 0.6 is 0 Å². The molecule has 1 aromatic rings. The first-order valence-electron chi connectivity index (χ1n) is 5.80. The van der Waals surface area contributed by atoms with Crippen molar-refractivity contribution in [1.29, 1.82) is 0 Å². The van der Waals surface area contributed by atoms with Gasteiger partial charge in [-0.2, -0.15) is 0 Å². The van der Waals surface area contributed by atoms with E-state index in [0.29, 0.717) is 11.6 Å². The van der Waals surface area contributed by atoms with Crippen LogP contribution in [0.15, 0.2) is 0 Å². The molecule has 1 aliphatic heterocycles. The third kappa shape index (κ3) is 2.07. The largest absolute Gasteiger partial charge is 0.382 e. The SMILES string of the molecule is Cc1nc(N2CCCC2C(=O)N(C)C)c(N)[nH]1. The van der Waals surface area contributed by atoms with E-state index < -0.39 is 0 Å². The van der Waals surface area contributed by atoms with Gasteiger partial charge < -0.3 is 20.5 Å². The number of amides is 1. The molecule has 0 saturated carbocycles. The predicted octanol–water partition coefficient (Wildman–Crippen LogP) is 0.357. The summed E-state index contributed by atoms with van der Waals surface area (Å²) in [6, 6.07) is -0.130. The third-order valence-electron chi connectivity index (χ3n) is 3.08. The van der Waals surface area contributed by atoms with E-state index in [4.69, 9.17) is 5.73 Å². The molecule has 0 spiro atoms. The van der Waals surface area contributed by atoms with E-state index in [1.54, 1.807) is 19.0 Å². The van der Waals surface area contributed by atoms with Crippen molar-refractivity contribution in [3.8, 4) is 0 Å². The van der Waals surface area contributed by atoms with Crippen LogP contribution in [-0.4, -0.2) is 47.5 Å². The molecule has 2 rings (SSSR count). The number of H-pyrrole nitrogens is 1. The lowest BCUT2D eigenvalue weighted by atomic mass is 10.2. The van der Waals surface area contributed by atoms with Gasteiger partial charge in [0.1, 0.15) is 17.7 Å². The number of aromatic nitrogens is 2. The molecule has 1 unspecified atom stereocenters.